The summed E-state index contributed by atoms with van der Waals surface area (Å²) in [7, 11) is 0. The molecule has 0 aromatic rings. The van der Waals surface area contributed by atoms with Crippen LogP contribution in [0.15, 0.2) is 23.3 Å². The van der Waals surface area contributed by atoms with E-state index < -0.39 is 59.5 Å². The van der Waals surface area contributed by atoms with Gasteiger partial charge in [-0.3, -0.25) is 0 Å². The summed E-state index contributed by atoms with van der Waals surface area (Å²) in [6.45, 7) is 0. The fourth-order valence-electron chi connectivity index (χ4n) is 2.03. The number of hydrogen-bond donors (Lipinski definition) is 1. The minimum absolute atomic E-state index is 3.00. The third-order valence-corrected chi connectivity index (χ3v) is 2.88. The Bertz CT molecular complexity index is 588. The zero-order valence-corrected chi connectivity index (χ0v) is 10.6. The smallest absolute Gasteiger partial charge is 0.450 e. The first-order valence-electron chi connectivity index (χ1n) is 5.39. The molecule has 0 fully saturated rings. The molecular weight excluding hydrogens is 377 g/mol. The number of carbonyl (C=O) groups is 1. The zero-order chi connectivity index (χ0) is 19.2. The maximum atomic E-state index is 13.7. The Morgan fingerprint density at radius 3 is 1.75 bits per heavy atom. The van der Waals surface area contributed by atoms with Crippen LogP contribution >= 0.6 is 0 Å². The van der Waals surface area contributed by atoms with Gasteiger partial charge >= 0.3 is 18.5 Å². The van der Waals surface area contributed by atoms with Crippen LogP contribution in [0.5, 0.6) is 0 Å². The van der Waals surface area contributed by atoms with Crippen molar-refractivity contribution in [1.82, 2.24) is 0 Å². The second-order valence-corrected chi connectivity index (χ2v) is 4.33. The molecule has 138 valence electrons. The predicted octanol–water partition coefficient (Wildman–Crippen LogP) is 4.81. The van der Waals surface area contributed by atoms with Gasteiger partial charge in [0.15, 0.2) is 29.2 Å². The molecule has 0 bridgehead atoms. The number of allylic oxidation sites excluding steroid dienone is 2. The van der Waals surface area contributed by atoms with Gasteiger partial charge in [-0.15, -0.1) is 0 Å². The first-order chi connectivity index (χ1) is 10.6. The first-order valence-corrected chi connectivity index (χ1v) is 5.39. The highest BCUT2D eigenvalue weighted by atomic mass is 19.4. The molecule has 0 saturated carbocycles. The number of alkyl halides is 7. The lowest BCUT2D eigenvalue weighted by molar-refractivity contribution is -0.331. The van der Waals surface area contributed by atoms with Crippen molar-refractivity contribution in [2.24, 2.45) is 5.92 Å². The summed E-state index contributed by atoms with van der Waals surface area (Å²) >= 11 is 0. The number of carboxylic acid groups (broad SMARTS) is 1. The van der Waals surface area contributed by atoms with Crippen LogP contribution in [0.3, 0.4) is 0 Å². The molecule has 1 rings (SSSR count). The van der Waals surface area contributed by atoms with Crippen molar-refractivity contribution >= 4 is 6.16 Å². The third-order valence-electron chi connectivity index (χ3n) is 2.88. The predicted molar refractivity (Wildman–Crippen MR) is 50.8 cm³/mol. The standard InChI is InChI=1S/C10H3F11O3/c11-1-2(12)4(14)8(24-7(22)23,5(15)3(1)13)6(9(16,17)18)10(19,20)21/h4,6H,(H,22,23). The molecule has 0 aromatic heterocycles. The van der Waals surface area contributed by atoms with E-state index in [1.54, 1.807) is 0 Å². The SMILES string of the molecule is O=C(O)OC1(C(C(F)(F)F)C(F)(F)F)C(F)=C(F)C(F)=C(F)C1F. The molecule has 2 atom stereocenters. The molecule has 14 heteroatoms. The molecule has 3 nitrogen and oxygen atoms in total. The van der Waals surface area contributed by atoms with E-state index in [-0.39, 0.29) is 0 Å². The highest BCUT2D eigenvalue weighted by Gasteiger charge is 2.76. The van der Waals surface area contributed by atoms with Crippen LogP contribution in [0.1, 0.15) is 0 Å². The van der Waals surface area contributed by atoms with Crippen molar-refractivity contribution in [3.8, 4) is 0 Å². The summed E-state index contributed by atoms with van der Waals surface area (Å²) < 4.78 is 146. The van der Waals surface area contributed by atoms with Gasteiger partial charge in [0.05, 0.1) is 0 Å². The van der Waals surface area contributed by atoms with Crippen LogP contribution in [0.25, 0.3) is 0 Å². The van der Waals surface area contributed by atoms with Gasteiger partial charge in [0.1, 0.15) is 0 Å². The van der Waals surface area contributed by atoms with Crippen molar-refractivity contribution < 1.29 is 62.9 Å². The fraction of sp³-hybridized carbons (Fsp3) is 0.500. The Kier molecular flexibility index (Phi) is 4.84. The Morgan fingerprint density at radius 1 is 1.00 bits per heavy atom. The molecule has 2 unspecified atom stereocenters. The second-order valence-electron chi connectivity index (χ2n) is 4.33. The van der Waals surface area contributed by atoms with Gasteiger partial charge in [0.2, 0.25) is 11.8 Å². The van der Waals surface area contributed by atoms with Gasteiger partial charge in [-0.1, -0.05) is 0 Å². The van der Waals surface area contributed by atoms with Crippen LogP contribution < -0.4 is 0 Å². The van der Waals surface area contributed by atoms with E-state index in [2.05, 4.69) is 4.74 Å². The van der Waals surface area contributed by atoms with Crippen molar-refractivity contribution in [3.63, 3.8) is 0 Å². The summed E-state index contributed by atoms with van der Waals surface area (Å²) in [6, 6.07) is 0. The Labute approximate surface area is 124 Å². The van der Waals surface area contributed by atoms with E-state index in [1.807, 2.05) is 0 Å². The summed E-state index contributed by atoms with van der Waals surface area (Å²) in [6.07, 6.45) is -21.1. The normalized spacial score (nSPS) is 26.2. The van der Waals surface area contributed by atoms with E-state index in [9.17, 15) is 53.1 Å². The zero-order valence-electron chi connectivity index (χ0n) is 10.6. The quantitative estimate of drug-likeness (QED) is 0.552. The summed E-state index contributed by atoms with van der Waals surface area (Å²) in [5.74, 6) is -18.5. The molecule has 0 heterocycles. The Balaban J connectivity index is 3.88. The van der Waals surface area contributed by atoms with Crippen molar-refractivity contribution in [2.45, 2.75) is 24.1 Å². The van der Waals surface area contributed by atoms with Gasteiger partial charge in [-0.05, 0) is 0 Å². The highest BCUT2D eigenvalue weighted by molar-refractivity contribution is 5.60. The average molecular weight is 380 g/mol. The van der Waals surface area contributed by atoms with Gasteiger partial charge < -0.3 is 9.84 Å². The number of halogens is 11. The molecular formula is C10H3F11O3. The topological polar surface area (TPSA) is 46.5 Å². The van der Waals surface area contributed by atoms with Crippen LogP contribution in [-0.4, -0.2) is 35.4 Å². The molecule has 24 heavy (non-hydrogen) atoms. The largest absolute Gasteiger partial charge is 0.506 e. The van der Waals surface area contributed by atoms with E-state index in [1.165, 1.54) is 0 Å². The van der Waals surface area contributed by atoms with E-state index in [0.717, 1.165) is 0 Å². The molecule has 0 saturated heterocycles. The lowest BCUT2D eigenvalue weighted by atomic mass is 9.77. The van der Waals surface area contributed by atoms with Crippen LogP contribution in [0, 0.1) is 5.92 Å². The number of ether oxygens (including phenoxy) is 1. The van der Waals surface area contributed by atoms with E-state index in [0.29, 0.717) is 0 Å². The summed E-state index contributed by atoms with van der Waals surface area (Å²) in [5, 5.41) is 8.22. The Hall–Kier alpha value is -2.02. The van der Waals surface area contributed by atoms with Gasteiger partial charge in [0.25, 0.3) is 0 Å². The van der Waals surface area contributed by atoms with E-state index in [4.69, 9.17) is 5.11 Å². The molecule has 1 aliphatic rings. The van der Waals surface area contributed by atoms with Crippen LogP contribution in [-0.2, 0) is 4.74 Å². The molecule has 0 radical (unpaired) electrons. The van der Waals surface area contributed by atoms with Crippen molar-refractivity contribution in [1.29, 1.82) is 0 Å². The monoisotopic (exact) mass is 380 g/mol. The van der Waals surface area contributed by atoms with Crippen LogP contribution in [0.2, 0.25) is 0 Å². The number of rotatable bonds is 2. The van der Waals surface area contributed by atoms with Gasteiger partial charge in [-0.25, -0.2) is 26.7 Å². The fourth-order valence-corrected chi connectivity index (χ4v) is 2.03. The minimum Gasteiger partial charge on any atom is -0.450 e. The lowest BCUT2D eigenvalue weighted by Crippen LogP contribution is -2.62. The van der Waals surface area contributed by atoms with Crippen molar-refractivity contribution in [3.05, 3.63) is 23.3 Å². The molecule has 0 aliphatic heterocycles. The number of hydrogen-bond acceptors (Lipinski definition) is 2. The minimum atomic E-state index is -6.68. The van der Waals surface area contributed by atoms with Gasteiger partial charge in [-0.2, -0.15) is 26.3 Å². The molecule has 0 spiro atoms. The highest BCUT2D eigenvalue weighted by Crippen LogP contribution is 2.56. The first kappa shape index (κ1) is 20.0. The summed E-state index contributed by atoms with van der Waals surface area (Å²) in [4.78, 5) is 10.3. The molecule has 1 aliphatic carbocycles. The second kappa shape index (κ2) is 5.81. The Morgan fingerprint density at radius 2 is 1.42 bits per heavy atom. The van der Waals surface area contributed by atoms with Crippen LogP contribution in [0.4, 0.5) is 53.1 Å². The molecule has 1 N–H and O–H groups in total. The maximum Gasteiger partial charge on any atom is 0.506 e. The molecule has 0 aromatic carbocycles. The molecule has 0 amide bonds. The lowest BCUT2D eigenvalue weighted by Gasteiger charge is -2.42. The average Bonchev–Trinajstić information content (AvgIpc) is 2.37. The van der Waals surface area contributed by atoms with Crippen molar-refractivity contribution in [2.75, 3.05) is 0 Å². The van der Waals surface area contributed by atoms with Gasteiger partial charge in [0, 0.05) is 0 Å². The summed E-state index contributed by atoms with van der Waals surface area (Å²) in [5.41, 5.74) is -5.42. The maximum absolute atomic E-state index is 13.7. The van der Waals surface area contributed by atoms with E-state index >= 15 is 0 Å². The third kappa shape index (κ3) is 3.00.